The molecule has 1 heterocycles. The van der Waals surface area contributed by atoms with Gasteiger partial charge in [0.25, 0.3) is 0 Å². The van der Waals surface area contributed by atoms with Crippen molar-refractivity contribution in [2.45, 2.75) is 60.9 Å². The molecule has 0 saturated heterocycles. The predicted molar refractivity (Wildman–Crippen MR) is 129 cm³/mol. The highest BCUT2D eigenvalue weighted by molar-refractivity contribution is 7.99. The Bertz CT molecular complexity index is 1190. The molecule has 33 heavy (non-hydrogen) atoms. The van der Waals surface area contributed by atoms with Gasteiger partial charge in [0.05, 0.1) is 10.6 Å². The minimum Gasteiger partial charge on any atom is -0.353 e. The first-order valence-corrected chi connectivity index (χ1v) is 13.8. The molecule has 4 rings (SSSR count). The van der Waals surface area contributed by atoms with Crippen LogP contribution < -0.4 is 5.32 Å². The SMILES string of the molecule is Cc1ccc(S(=O)(=O)Cc2nnc(SCC(=O)NC3CCCCC3)n2-c2ccccc2)cc1. The molecule has 9 heteroatoms. The zero-order chi connectivity index (χ0) is 23.3. The third-order valence-electron chi connectivity index (χ3n) is 5.72. The number of rotatable bonds is 8. The van der Waals surface area contributed by atoms with E-state index >= 15 is 0 Å². The summed E-state index contributed by atoms with van der Waals surface area (Å²) in [6.45, 7) is 1.91. The van der Waals surface area contributed by atoms with Crippen molar-refractivity contribution in [2.24, 2.45) is 0 Å². The largest absolute Gasteiger partial charge is 0.353 e. The summed E-state index contributed by atoms with van der Waals surface area (Å²) < 4.78 is 27.8. The molecule has 0 unspecified atom stereocenters. The summed E-state index contributed by atoms with van der Waals surface area (Å²) >= 11 is 1.27. The van der Waals surface area contributed by atoms with E-state index in [1.165, 1.54) is 18.2 Å². The van der Waals surface area contributed by atoms with Gasteiger partial charge in [0, 0.05) is 11.7 Å². The van der Waals surface area contributed by atoms with Gasteiger partial charge < -0.3 is 5.32 Å². The highest BCUT2D eigenvalue weighted by atomic mass is 32.2. The molecule has 2 aromatic carbocycles. The van der Waals surface area contributed by atoms with Crippen molar-refractivity contribution in [1.29, 1.82) is 0 Å². The molecule has 1 aliphatic carbocycles. The van der Waals surface area contributed by atoms with Gasteiger partial charge in [-0.25, -0.2) is 8.42 Å². The molecule has 0 aliphatic heterocycles. The second kappa shape index (κ2) is 10.5. The Morgan fingerprint density at radius 3 is 2.42 bits per heavy atom. The Hall–Kier alpha value is -2.65. The van der Waals surface area contributed by atoms with Gasteiger partial charge in [-0.3, -0.25) is 9.36 Å². The van der Waals surface area contributed by atoms with Gasteiger partial charge in [0.2, 0.25) is 5.91 Å². The number of sulfone groups is 1. The summed E-state index contributed by atoms with van der Waals surface area (Å²) in [5.41, 5.74) is 1.75. The molecule has 1 N–H and O–H groups in total. The number of carbonyl (C=O) groups excluding carboxylic acids is 1. The Morgan fingerprint density at radius 1 is 1.03 bits per heavy atom. The summed E-state index contributed by atoms with van der Waals surface area (Å²) in [6, 6.07) is 16.4. The van der Waals surface area contributed by atoms with Crippen LogP contribution in [0.1, 0.15) is 43.5 Å². The average Bonchev–Trinajstić information content (AvgIpc) is 3.21. The van der Waals surface area contributed by atoms with Crippen LogP contribution in [0.15, 0.2) is 64.6 Å². The first-order chi connectivity index (χ1) is 15.9. The molecule has 3 aromatic rings. The van der Waals surface area contributed by atoms with Gasteiger partial charge in [0.15, 0.2) is 20.8 Å². The molecule has 1 amide bonds. The molecule has 1 aromatic heterocycles. The van der Waals surface area contributed by atoms with E-state index in [1.54, 1.807) is 28.8 Å². The van der Waals surface area contributed by atoms with Crippen LogP contribution >= 0.6 is 11.8 Å². The smallest absolute Gasteiger partial charge is 0.230 e. The number of para-hydroxylation sites is 1. The van der Waals surface area contributed by atoms with E-state index in [-0.39, 0.29) is 28.4 Å². The maximum Gasteiger partial charge on any atom is 0.230 e. The summed E-state index contributed by atoms with van der Waals surface area (Å²) in [7, 11) is -3.61. The summed E-state index contributed by atoms with van der Waals surface area (Å²) in [6.07, 6.45) is 5.59. The third kappa shape index (κ3) is 6.03. The van der Waals surface area contributed by atoms with Crippen LogP contribution in [0.3, 0.4) is 0 Å². The molecule has 0 radical (unpaired) electrons. The van der Waals surface area contributed by atoms with Crippen molar-refractivity contribution < 1.29 is 13.2 Å². The summed E-state index contributed by atoms with van der Waals surface area (Å²) in [5, 5.41) is 12.0. The number of amides is 1. The number of hydrogen-bond acceptors (Lipinski definition) is 6. The Labute approximate surface area is 198 Å². The van der Waals surface area contributed by atoms with Crippen molar-refractivity contribution in [2.75, 3.05) is 5.75 Å². The van der Waals surface area contributed by atoms with Gasteiger partial charge in [0.1, 0.15) is 5.75 Å². The van der Waals surface area contributed by atoms with Crippen LogP contribution in [-0.4, -0.2) is 40.9 Å². The van der Waals surface area contributed by atoms with Crippen LogP contribution in [0, 0.1) is 6.92 Å². The molecule has 7 nitrogen and oxygen atoms in total. The van der Waals surface area contributed by atoms with Crippen LogP contribution in [0.5, 0.6) is 0 Å². The standard InChI is InChI=1S/C24H28N4O3S2/c1-18-12-14-21(15-13-18)33(30,31)17-22-26-27-24(28(22)20-10-6-3-7-11-20)32-16-23(29)25-19-8-4-2-5-9-19/h3,6-7,10-15,19H,2,4-5,8-9,16-17H2,1H3,(H,25,29). The second-order valence-corrected chi connectivity index (χ2v) is 11.3. The number of thioether (sulfide) groups is 1. The zero-order valence-corrected chi connectivity index (χ0v) is 20.2. The lowest BCUT2D eigenvalue weighted by Gasteiger charge is -2.22. The lowest BCUT2D eigenvalue weighted by molar-refractivity contribution is -0.119. The normalized spacial score (nSPS) is 14.8. The van der Waals surface area contributed by atoms with Gasteiger partial charge in [-0.2, -0.15) is 0 Å². The van der Waals surface area contributed by atoms with Crippen LogP contribution in [0.2, 0.25) is 0 Å². The summed E-state index contributed by atoms with van der Waals surface area (Å²) in [5.74, 6) is 0.194. The molecular weight excluding hydrogens is 456 g/mol. The molecular formula is C24H28N4O3S2. The Kier molecular flexibility index (Phi) is 7.49. The van der Waals surface area contributed by atoms with Crippen LogP contribution in [-0.2, 0) is 20.4 Å². The van der Waals surface area contributed by atoms with Crippen LogP contribution in [0.4, 0.5) is 0 Å². The predicted octanol–water partition coefficient (Wildman–Crippen LogP) is 4.09. The fourth-order valence-corrected chi connectivity index (χ4v) is 6.00. The van der Waals surface area contributed by atoms with Crippen molar-refractivity contribution in [1.82, 2.24) is 20.1 Å². The van der Waals surface area contributed by atoms with Gasteiger partial charge in [-0.05, 0) is 44.0 Å². The minimum atomic E-state index is -3.61. The topological polar surface area (TPSA) is 94.0 Å². The quantitative estimate of drug-likeness (QED) is 0.484. The van der Waals surface area contributed by atoms with Crippen molar-refractivity contribution in [3.05, 3.63) is 66.0 Å². The number of nitrogens with one attached hydrogen (secondary N) is 1. The Balaban J connectivity index is 1.54. The number of hydrogen-bond donors (Lipinski definition) is 1. The maximum absolute atomic E-state index is 13.0. The molecule has 0 bridgehead atoms. The number of carbonyl (C=O) groups is 1. The highest BCUT2D eigenvalue weighted by Gasteiger charge is 2.23. The Morgan fingerprint density at radius 2 is 1.73 bits per heavy atom. The molecule has 0 spiro atoms. The lowest BCUT2D eigenvalue weighted by Crippen LogP contribution is -2.37. The summed E-state index contributed by atoms with van der Waals surface area (Å²) in [4.78, 5) is 12.7. The fourth-order valence-electron chi connectivity index (χ4n) is 3.97. The maximum atomic E-state index is 13.0. The van der Waals surface area contributed by atoms with E-state index in [0.717, 1.165) is 36.9 Å². The molecule has 1 fully saturated rings. The van der Waals surface area contributed by atoms with E-state index in [4.69, 9.17) is 0 Å². The van der Waals surface area contributed by atoms with E-state index in [9.17, 15) is 13.2 Å². The number of aryl methyl sites for hydroxylation is 1. The van der Waals surface area contributed by atoms with Gasteiger partial charge in [-0.1, -0.05) is 66.9 Å². The average molecular weight is 485 g/mol. The molecule has 1 aliphatic rings. The van der Waals surface area contributed by atoms with E-state index in [2.05, 4.69) is 15.5 Å². The zero-order valence-electron chi connectivity index (χ0n) is 18.6. The molecule has 1 saturated carbocycles. The minimum absolute atomic E-state index is 0.0386. The highest BCUT2D eigenvalue weighted by Crippen LogP contribution is 2.25. The first-order valence-electron chi connectivity index (χ1n) is 11.1. The molecule has 174 valence electrons. The monoisotopic (exact) mass is 484 g/mol. The number of nitrogens with zero attached hydrogens (tertiary/aromatic N) is 3. The van der Waals surface area contributed by atoms with E-state index in [1.807, 2.05) is 37.3 Å². The van der Waals surface area contributed by atoms with Crippen molar-refractivity contribution >= 4 is 27.5 Å². The van der Waals surface area contributed by atoms with Crippen LogP contribution in [0.25, 0.3) is 5.69 Å². The second-order valence-electron chi connectivity index (χ2n) is 8.33. The first kappa shape index (κ1) is 23.5. The van der Waals surface area contributed by atoms with Crippen molar-refractivity contribution in [3.8, 4) is 5.69 Å². The number of aromatic nitrogens is 3. The number of benzene rings is 2. The van der Waals surface area contributed by atoms with Gasteiger partial charge >= 0.3 is 0 Å². The lowest BCUT2D eigenvalue weighted by atomic mass is 9.95. The molecule has 0 atom stereocenters. The van der Waals surface area contributed by atoms with Gasteiger partial charge in [-0.15, -0.1) is 10.2 Å². The third-order valence-corrected chi connectivity index (χ3v) is 8.27. The fraction of sp³-hybridized carbons (Fsp3) is 0.375. The van der Waals surface area contributed by atoms with E-state index < -0.39 is 9.84 Å². The van der Waals surface area contributed by atoms with Crippen molar-refractivity contribution in [3.63, 3.8) is 0 Å². The van der Waals surface area contributed by atoms with E-state index in [0.29, 0.717) is 11.0 Å².